The third-order valence-corrected chi connectivity index (χ3v) is 3.90. The summed E-state index contributed by atoms with van der Waals surface area (Å²) < 4.78 is 19.5. The molecule has 2 N–H and O–H groups in total. The summed E-state index contributed by atoms with van der Waals surface area (Å²) in [5.41, 5.74) is 7.80. The number of amides is 1. The molecule has 0 unspecified atom stereocenters. The van der Waals surface area contributed by atoms with Crippen molar-refractivity contribution in [1.29, 1.82) is 0 Å². The maximum Gasteiger partial charge on any atom is 0.246 e. The lowest BCUT2D eigenvalue weighted by Gasteiger charge is -2.38. The molecule has 6 nitrogen and oxygen atoms in total. The van der Waals surface area contributed by atoms with Gasteiger partial charge in [-0.15, -0.1) is 0 Å². The molecule has 1 aromatic carbocycles. The number of nitrogens with zero attached hydrogens (tertiary/aromatic N) is 3. The van der Waals surface area contributed by atoms with Crippen LogP contribution in [0.2, 0.25) is 0 Å². The van der Waals surface area contributed by atoms with E-state index in [0.717, 1.165) is 5.56 Å². The number of likely N-dealkylation sites (tertiary alicyclic amines) is 1. The minimum atomic E-state index is -0.370. The van der Waals surface area contributed by atoms with Gasteiger partial charge in [0.1, 0.15) is 23.9 Å². The van der Waals surface area contributed by atoms with E-state index in [2.05, 4.69) is 16.5 Å². The summed E-state index contributed by atoms with van der Waals surface area (Å²) in [6.07, 6.45) is 2.36. The van der Waals surface area contributed by atoms with Crippen molar-refractivity contribution in [2.45, 2.75) is 13.0 Å². The van der Waals surface area contributed by atoms with Crippen molar-refractivity contribution in [3.05, 3.63) is 48.6 Å². The van der Waals surface area contributed by atoms with Gasteiger partial charge in [-0.2, -0.15) is 0 Å². The first-order valence-electron chi connectivity index (χ1n) is 7.44. The number of carbonyl (C=O) groups excluding carboxylic acids is 1. The van der Waals surface area contributed by atoms with Crippen molar-refractivity contribution in [2.75, 3.05) is 18.8 Å². The van der Waals surface area contributed by atoms with Gasteiger partial charge >= 0.3 is 0 Å². The molecule has 7 heteroatoms. The molecule has 2 aromatic rings. The second kappa shape index (κ2) is 6.27. The minimum absolute atomic E-state index is 0.145. The fourth-order valence-electron chi connectivity index (χ4n) is 2.53. The Bertz CT molecular complexity index is 803. The van der Waals surface area contributed by atoms with Gasteiger partial charge in [0.25, 0.3) is 0 Å². The summed E-state index contributed by atoms with van der Waals surface area (Å²) in [7, 11) is 0. The van der Waals surface area contributed by atoms with Crippen LogP contribution in [0.3, 0.4) is 0 Å². The predicted molar refractivity (Wildman–Crippen MR) is 87.8 cm³/mol. The number of aromatic nitrogens is 2. The summed E-state index contributed by atoms with van der Waals surface area (Å²) in [6.45, 7) is 6.17. The Balaban J connectivity index is 1.88. The number of nitrogen functional groups attached to an aromatic ring is 1. The molecule has 1 fully saturated rings. The third-order valence-electron chi connectivity index (χ3n) is 3.90. The van der Waals surface area contributed by atoms with Crippen molar-refractivity contribution in [3.8, 4) is 17.0 Å². The molecule has 1 amide bonds. The van der Waals surface area contributed by atoms with Gasteiger partial charge in [0.15, 0.2) is 11.6 Å². The highest BCUT2D eigenvalue weighted by Gasteiger charge is 2.32. The first kappa shape index (κ1) is 15.9. The van der Waals surface area contributed by atoms with Gasteiger partial charge in [0, 0.05) is 5.56 Å². The van der Waals surface area contributed by atoms with Crippen LogP contribution >= 0.6 is 0 Å². The van der Waals surface area contributed by atoms with E-state index < -0.39 is 0 Å². The van der Waals surface area contributed by atoms with Crippen LogP contribution in [0.25, 0.3) is 11.3 Å². The Hall–Kier alpha value is -2.96. The Morgan fingerprint density at radius 1 is 1.46 bits per heavy atom. The van der Waals surface area contributed by atoms with E-state index in [1.54, 1.807) is 11.0 Å². The molecule has 0 atom stereocenters. The standard InChI is InChI=1S/C17H17FN4O2/c1-3-14(23)22-7-12(8-22)24-16-15(20-9-21-17(16)19)13-6-11(18)5-4-10(13)2/h3-6,9,12H,1,7-8H2,2H3,(H2,19,20,21). The zero-order valence-electron chi connectivity index (χ0n) is 13.2. The van der Waals surface area contributed by atoms with E-state index in [4.69, 9.17) is 10.5 Å². The van der Waals surface area contributed by atoms with Gasteiger partial charge < -0.3 is 15.4 Å². The van der Waals surface area contributed by atoms with Crippen LogP contribution in [0.4, 0.5) is 10.2 Å². The smallest absolute Gasteiger partial charge is 0.246 e. The lowest BCUT2D eigenvalue weighted by molar-refractivity contribution is -0.134. The molecule has 24 heavy (non-hydrogen) atoms. The van der Waals surface area contributed by atoms with Crippen LogP contribution < -0.4 is 10.5 Å². The molecule has 1 aliphatic rings. The molecular formula is C17H17FN4O2. The number of ether oxygens (including phenoxy) is 1. The van der Waals surface area contributed by atoms with Crippen LogP contribution in [0.1, 0.15) is 5.56 Å². The van der Waals surface area contributed by atoms with E-state index in [1.807, 2.05) is 6.92 Å². The van der Waals surface area contributed by atoms with E-state index in [-0.39, 0.29) is 23.6 Å². The second-order valence-corrected chi connectivity index (χ2v) is 5.58. The molecule has 0 radical (unpaired) electrons. The number of anilines is 1. The topological polar surface area (TPSA) is 81.3 Å². The molecule has 0 bridgehead atoms. The molecular weight excluding hydrogens is 311 g/mol. The number of halogens is 1. The van der Waals surface area contributed by atoms with Crippen LogP contribution in [-0.4, -0.2) is 40.0 Å². The zero-order valence-corrected chi connectivity index (χ0v) is 13.2. The number of benzene rings is 1. The maximum absolute atomic E-state index is 13.6. The van der Waals surface area contributed by atoms with Crippen molar-refractivity contribution >= 4 is 11.7 Å². The van der Waals surface area contributed by atoms with Crippen molar-refractivity contribution in [3.63, 3.8) is 0 Å². The number of nitrogens with two attached hydrogens (primary N) is 1. The quantitative estimate of drug-likeness (QED) is 0.868. The summed E-state index contributed by atoms with van der Waals surface area (Å²) in [6, 6.07) is 4.44. The van der Waals surface area contributed by atoms with E-state index in [1.165, 1.54) is 24.5 Å². The summed E-state index contributed by atoms with van der Waals surface area (Å²) in [5.74, 6) is -0.0301. The molecule has 1 aromatic heterocycles. The van der Waals surface area contributed by atoms with Gasteiger partial charge in [0.2, 0.25) is 5.91 Å². The average molecular weight is 328 g/mol. The lowest BCUT2D eigenvalue weighted by Crippen LogP contribution is -2.55. The molecule has 2 heterocycles. The summed E-state index contributed by atoms with van der Waals surface area (Å²) in [5, 5.41) is 0. The summed E-state index contributed by atoms with van der Waals surface area (Å²) >= 11 is 0. The van der Waals surface area contributed by atoms with Gasteiger partial charge in [-0.25, -0.2) is 14.4 Å². The van der Waals surface area contributed by atoms with E-state index >= 15 is 0 Å². The van der Waals surface area contributed by atoms with Crippen LogP contribution in [0, 0.1) is 12.7 Å². The van der Waals surface area contributed by atoms with Crippen molar-refractivity contribution < 1.29 is 13.9 Å². The highest BCUT2D eigenvalue weighted by molar-refractivity contribution is 5.87. The minimum Gasteiger partial charge on any atom is -0.481 e. The first-order chi connectivity index (χ1) is 11.5. The van der Waals surface area contributed by atoms with E-state index in [0.29, 0.717) is 30.1 Å². The monoisotopic (exact) mass is 328 g/mol. The number of rotatable bonds is 4. The van der Waals surface area contributed by atoms with Crippen LogP contribution in [-0.2, 0) is 4.79 Å². The largest absolute Gasteiger partial charge is 0.481 e. The number of aryl methyl sites for hydroxylation is 1. The van der Waals surface area contributed by atoms with Gasteiger partial charge in [-0.3, -0.25) is 4.79 Å². The molecule has 0 saturated carbocycles. The second-order valence-electron chi connectivity index (χ2n) is 5.58. The van der Waals surface area contributed by atoms with Gasteiger partial charge in [0.05, 0.1) is 13.1 Å². The molecule has 3 rings (SSSR count). The number of carbonyl (C=O) groups is 1. The van der Waals surface area contributed by atoms with Gasteiger partial charge in [-0.05, 0) is 30.7 Å². The predicted octanol–water partition coefficient (Wildman–Crippen LogP) is 1.95. The Kier molecular flexibility index (Phi) is 4.16. The van der Waals surface area contributed by atoms with E-state index in [9.17, 15) is 9.18 Å². The molecule has 0 aliphatic carbocycles. The van der Waals surface area contributed by atoms with Crippen LogP contribution in [0.15, 0.2) is 37.2 Å². The molecule has 1 aliphatic heterocycles. The third kappa shape index (κ3) is 2.92. The fourth-order valence-corrected chi connectivity index (χ4v) is 2.53. The highest BCUT2D eigenvalue weighted by atomic mass is 19.1. The average Bonchev–Trinajstić information content (AvgIpc) is 2.53. The lowest BCUT2D eigenvalue weighted by atomic mass is 10.0. The summed E-state index contributed by atoms with van der Waals surface area (Å²) in [4.78, 5) is 21.3. The first-order valence-corrected chi connectivity index (χ1v) is 7.44. The zero-order chi connectivity index (χ0) is 17.3. The van der Waals surface area contributed by atoms with Crippen molar-refractivity contribution in [1.82, 2.24) is 14.9 Å². The highest BCUT2D eigenvalue weighted by Crippen LogP contribution is 2.35. The van der Waals surface area contributed by atoms with Crippen molar-refractivity contribution in [2.24, 2.45) is 0 Å². The normalized spacial score (nSPS) is 14.2. The molecule has 124 valence electrons. The molecule has 1 saturated heterocycles. The number of hydrogen-bond acceptors (Lipinski definition) is 5. The fraction of sp³-hybridized carbons (Fsp3) is 0.235. The van der Waals surface area contributed by atoms with Gasteiger partial charge in [-0.1, -0.05) is 12.6 Å². The molecule has 0 spiro atoms. The van der Waals surface area contributed by atoms with Crippen LogP contribution in [0.5, 0.6) is 5.75 Å². The Morgan fingerprint density at radius 2 is 2.21 bits per heavy atom. The Labute approximate surface area is 138 Å². The SMILES string of the molecule is C=CC(=O)N1CC(Oc2c(N)ncnc2-c2cc(F)ccc2C)C1. The Morgan fingerprint density at radius 3 is 2.92 bits per heavy atom. The number of hydrogen-bond donors (Lipinski definition) is 1. The maximum atomic E-state index is 13.6.